The second-order valence-corrected chi connectivity index (χ2v) is 10.7. The lowest BCUT2D eigenvalue weighted by Crippen LogP contribution is -2.17. The van der Waals surface area contributed by atoms with Crippen molar-refractivity contribution in [2.75, 3.05) is 22.7 Å². The van der Waals surface area contributed by atoms with E-state index in [0.29, 0.717) is 30.4 Å². The third-order valence-electron chi connectivity index (χ3n) is 4.88. The van der Waals surface area contributed by atoms with Gasteiger partial charge in [-0.1, -0.05) is 12.1 Å². The van der Waals surface area contributed by atoms with Crippen molar-refractivity contribution in [1.82, 2.24) is 0 Å². The molecule has 0 fully saturated rings. The zero-order chi connectivity index (χ0) is 22.9. The molecule has 0 aliphatic carbocycles. The van der Waals surface area contributed by atoms with Gasteiger partial charge in [-0.2, -0.15) is 0 Å². The van der Waals surface area contributed by atoms with Gasteiger partial charge in [0.05, 0.1) is 15.5 Å². The van der Waals surface area contributed by atoms with Crippen LogP contribution in [0.15, 0.2) is 70.5 Å². The Labute approximate surface area is 187 Å². The van der Waals surface area contributed by atoms with Crippen molar-refractivity contribution >= 4 is 31.4 Å². The number of hydrogen-bond acceptors (Lipinski definition) is 6. The van der Waals surface area contributed by atoms with Crippen molar-refractivity contribution < 1.29 is 26.3 Å². The maximum absolute atomic E-state index is 12.7. The zero-order valence-corrected chi connectivity index (χ0v) is 19.1. The molecule has 0 aromatic heterocycles. The van der Waals surface area contributed by atoms with Crippen LogP contribution in [0.1, 0.15) is 11.1 Å². The van der Waals surface area contributed by atoms with E-state index in [9.17, 15) is 16.8 Å². The molecule has 0 amide bonds. The Morgan fingerprint density at radius 3 is 2.03 bits per heavy atom. The number of aryl methyl sites for hydroxylation is 2. The molecule has 0 radical (unpaired) electrons. The Bertz CT molecular complexity index is 1370. The molecule has 0 unspecified atom stereocenters. The van der Waals surface area contributed by atoms with Crippen LogP contribution in [0.3, 0.4) is 0 Å². The van der Waals surface area contributed by atoms with Crippen LogP contribution in [0, 0.1) is 13.8 Å². The molecule has 0 atom stereocenters. The van der Waals surface area contributed by atoms with Gasteiger partial charge in [-0.25, -0.2) is 16.8 Å². The quantitative estimate of drug-likeness (QED) is 0.564. The monoisotopic (exact) mass is 474 g/mol. The number of fused-ring (bicyclic) bond motifs is 1. The number of nitrogens with one attached hydrogen (secondary N) is 2. The molecule has 0 bridgehead atoms. The molecule has 10 heteroatoms. The van der Waals surface area contributed by atoms with E-state index in [4.69, 9.17) is 9.47 Å². The lowest BCUT2D eigenvalue weighted by atomic mass is 10.1. The number of anilines is 2. The largest absolute Gasteiger partial charge is 0.486 e. The summed E-state index contributed by atoms with van der Waals surface area (Å²) in [5.41, 5.74) is 2.44. The summed E-state index contributed by atoms with van der Waals surface area (Å²) < 4.78 is 66.8. The Balaban J connectivity index is 1.52. The number of hydrogen-bond donors (Lipinski definition) is 2. The third-order valence-corrected chi connectivity index (χ3v) is 7.64. The van der Waals surface area contributed by atoms with Crippen molar-refractivity contribution in [3.05, 3.63) is 71.8 Å². The van der Waals surface area contributed by atoms with Crippen LogP contribution in [0.25, 0.3) is 0 Å². The van der Waals surface area contributed by atoms with Gasteiger partial charge in [-0.15, -0.1) is 0 Å². The van der Waals surface area contributed by atoms with Crippen LogP contribution in [-0.4, -0.2) is 30.0 Å². The van der Waals surface area contributed by atoms with Gasteiger partial charge in [0.1, 0.15) is 13.2 Å². The van der Waals surface area contributed by atoms with Gasteiger partial charge >= 0.3 is 0 Å². The van der Waals surface area contributed by atoms with E-state index in [1.165, 1.54) is 42.5 Å². The molecule has 0 saturated carbocycles. The highest BCUT2D eigenvalue weighted by Crippen LogP contribution is 2.33. The first kappa shape index (κ1) is 22.0. The van der Waals surface area contributed by atoms with Gasteiger partial charge in [-0.3, -0.25) is 9.44 Å². The predicted octanol–water partition coefficient (Wildman–Crippen LogP) is 3.68. The fourth-order valence-electron chi connectivity index (χ4n) is 3.16. The van der Waals surface area contributed by atoms with Crippen molar-refractivity contribution in [2.45, 2.75) is 23.6 Å². The summed E-state index contributed by atoms with van der Waals surface area (Å²) in [6, 6.07) is 15.3. The first-order valence-electron chi connectivity index (χ1n) is 9.77. The minimum absolute atomic E-state index is 0.00929. The molecule has 8 nitrogen and oxygen atoms in total. The number of rotatable bonds is 6. The minimum atomic E-state index is -3.90. The number of benzene rings is 3. The first-order valence-corrected chi connectivity index (χ1v) is 12.7. The molecular formula is C22H22N2O6S2. The Morgan fingerprint density at radius 1 is 0.688 bits per heavy atom. The van der Waals surface area contributed by atoms with Gasteiger partial charge in [0, 0.05) is 11.8 Å². The highest BCUT2D eigenvalue weighted by molar-refractivity contribution is 7.93. The molecule has 0 saturated heterocycles. The van der Waals surface area contributed by atoms with Crippen molar-refractivity contribution in [3.8, 4) is 11.5 Å². The molecule has 0 spiro atoms. The van der Waals surface area contributed by atoms with Crippen molar-refractivity contribution in [3.63, 3.8) is 0 Å². The van der Waals surface area contributed by atoms with Crippen LogP contribution in [0.2, 0.25) is 0 Å². The molecule has 1 aliphatic rings. The fourth-order valence-corrected chi connectivity index (χ4v) is 5.35. The van der Waals surface area contributed by atoms with E-state index in [-0.39, 0.29) is 15.5 Å². The highest BCUT2D eigenvalue weighted by atomic mass is 32.2. The summed E-state index contributed by atoms with van der Waals surface area (Å²) >= 11 is 0. The van der Waals surface area contributed by atoms with Gasteiger partial charge < -0.3 is 9.47 Å². The van der Waals surface area contributed by atoms with Crippen molar-refractivity contribution in [1.29, 1.82) is 0 Å². The van der Waals surface area contributed by atoms with Crippen LogP contribution in [-0.2, 0) is 20.0 Å². The maximum Gasteiger partial charge on any atom is 0.262 e. The van der Waals surface area contributed by atoms with Crippen LogP contribution < -0.4 is 18.9 Å². The number of ether oxygens (including phenoxy) is 2. The normalized spacial score (nSPS) is 13.4. The molecule has 1 aliphatic heterocycles. The van der Waals surface area contributed by atoms with Crippen LogP contribution in [0.4, 0.5) is 11.4 Å². The third kappa shape index (κ3) is 4.66. The van der Waals surface area contributed by atoms with Gasteiger partial charge in [0.2, 0.25) is 0 Å². The predicted molar refractivity (Wildman–Crippen MR) is 121 cm³/mol. The first-order chi connectivity index (χ1) is 15.1. The zero-order valence-electron chi connectivity index (χ0n) is 17.5. The molecule has 32 heavy (non-hydrogen) atoms. The van der Waals surface area contributed by atoms with Gasteiger partial charge in [-0.05, 0) is 67.4 Å². The average Bonchev–Trinajstić information content (AvgIpc) is 2.76. The SMILES string of the molecule is Cc1ccc(C)c(NS(=O)(=O)c2ccc(NS(=O)(=O)c3ccc4c(c3)OCCO4)cc2)c1. The Morgan fingerprint density at radius 2 is 1.31 bits per heavy atom. The van der Waals surface area contributed by atoms with E-state index in [1.807, 2.05) is 26.0 Å². The summed E-state index contributed by atoms with van der Waals surface area (Å²) in [6.45, 7) is 4.44. The summed E-state index contributed by atoms with van der Waals surface area (Å²) in [7, 11) is -7.74. The van der Waals surface area contributed by atoms with E-state index >= 15 is 0 Å². The standard InChI is InChI=1S/C22H22N2O6S2/c1-15-3-4-16(2)20(13-15)24-31(25,26)18-7-5-17(6-8-18)23-32(27,28)19-9-10-21-22(14-19)30-12-11-29-21/h3-10,13-14,23-24H,11-12H2,1-2H3. The Kier molecular flexibility index (Phi) is 5.74. The fraction of sp³-hybridized carbons (Fsp3) is 0.182. The second kappa shape index (κ2) is 8.36. The van der Waals surface area contributed by atoms with Gasteiger partial charge in [0.15, 0.2) is 11.5 Å². The van der Waals surface area contributed by atoms with E-state index in [1.54, 1.807) is 6.07 Å². The summed E-state index contributed by atoms with van der Waals surface area (Å²) in [4.78, 5) is 0.0238. The smallest absolute Gasteiger partial charge is 0.262 e. The van der Waals surface area contributed by atoms with E-state index in [0.717, 1.165) is 11.1 Å². The van der Waals surface area contributed by atoms with E-state index in [2.05, 4.69) is 9.44 Å². The van der Waals surface area contributed by atoms with Gasteiger partial charge in [0.25, 0.3) is 20.0 Å². The van der Waals surface area contributed by atoms with Crippen molar-refractivity contribution in [2.24, 2.45) is 0 Å². The molecule has 4 rings (SSSR count). The number of sulfonamides is 2. The van der Waals surface area contributed by atoms with E-state index < -0.39 is 20.0 Å². The topological polar surface area (TPSA) is 111 Å². The lowest BCUT2D eigenvalue weighted by Gasteiger charge is -2.19. The molecule has 2 N–H and O–H groups in total. The summed E-state index contributed by atoms with van der Waals surface area (Å²) in [5.74, 6) is 0.846. The second-order valence-electron chi connectivity index (χ2n) is 7.36. The van der Waals surface area contributed by atoms with Crippen LogP contribution >= 0.6 is 0 Å². The molecule has 168 valence electrons. The van der Waals surface area contributed by atoms with Crippen LogP contribution in [0.5, 0.6) is 11.5 Å². The lowest BCUT2D eigenvalue weighted by molar-refractivity contribution is 0.171. The summed E-state index contributed by atoms with van der Waals surface area (Å²) in [5, 5.41) is 0. The highest BCUT2D eigenvalue weighted by Gasteiger charge is 2.20. The molecule has 1 heterocycles. The Hall–Kier alpha value is -3.24. The molecule has 3 aromatic rings. The molecule has 3 aromatic carbocycles. The molecular weight excluding hydrogens is 452 g/mol. The summed E-state index contributed by atoms with van der Waals surface area (Å²) in [6.07, 6.45) is 0. The minimum Gasteiger partial charge on any atom is -0.486 e. The maximum atomic E-state index is 12.7. The average molecular weight is 475 g/mol.